The number of hydrogen-bond acceptors (Lipinski definition) is 5. The van der Waals surface area contributed by atoms with E-state index in [1.807, 2.05) is 0 Å². The Labute approximate surface area is 77.6 Å². The van der Waals surface area contributed by atoms with Crippen molar-refractivity contribution in [3.05, 3.63) is 23.3 Å². The molecule has 3 N–H and O–H groups in total. The molecule has 1 aliphatic heterocycles. The third kappa shape index (κ3) is 0.826. The quantitative estimate of drug-likeness (QED) is 0.309. The molecule has 0 aliphatic carbocycles. The maximum Gasteiger partial charge on any atom is 0.289 e. The summed E-state index contributed by atoms with van der Waals surface area (Å²) in [6.45, 7) is 0. The first-order chi connectivity index (χ1) is 6.54. The van der Waals surface area contributed by atoms with Crippen molar-refractivity contribution in [1.29, 1.82) is 0 Å². The number of imide groups is 1. The number of hydrogen-bond donors (Lipinski definition) is 3. The van der Waals surface area contributed by atoms with Gasteiger partial charge in [0.15, 0.2) is 0 Å². The van der Waals surface area contributed by atoms with Crippen molar-refractivity contribution in [2.45, 2.75) is 0 Å². The zero-order valence-corrected chi connectivity index (χ0v) is 6.76. The third-order valence-corrected chi connectivity index (χ3v) is 1.97. The SMILES string of the molecule is O=C1c2c(O)ccc(O)c2C(=O)N1O. The molecule has 2 amide bonds. The topological polar surface area (TPSA) is 98.1 Å². The summed E-state index contributed by atoms with van der Waals surface area (Å²) in [7, 11) is 0. The molecule has 2 rings (SSSR count). The lowest BCUT2D eigenvalue weighted by Gasteiger charge is -2.00. The fourth-order valence-corrected chi connectivity index (χ4v) is 1.32. The first kappa shape index (κ1) is 8.52. The number of rotatable bonds is 0. The summed E-state index contributed by atoms with van der Waals surface area (Å²) < 4.78 is 0. The van der Waals surface area contributed by atoms with Crippen LogP contribution in [0.25, 0.3) is 0 Å². The summed E-state index contributed by atoms with van der Waals surface area (Å²) in [6.07, 6.45) is 0. The van der Waals surface area contributed by atoms with Gasteiger partial charge in [-0.15, -0.1) is 5.06 Å². The molecule has 0 bridgehead atoms. The minimum Gasteiger partial charge on any atom is -0.507 e. The van der Waals surface area contributed by atoms with Gasteiger partial charge in [0.05, 0.1) is 0 Å². The maximum absolute atomic E-state index is 11.2. The number of phenolic OH excluding ortho intramolecular Hbond substituents is 2. The van der Waals surface area contributed by atoms with Crippen LogP contribution in [-0.4, -0.2) is 32.3 Å². The fourth-order valence-electron chi connectivity index (χ4n) is 1.32. The lowest BCUT2D eigenvalue weighted by Crippen LogP contribution is -2.25. The van der Waals surface area contributed by atoms with Gasteiger partial charge in [-0.05, 0) is 12.1 Å². The minimum absolute atomic E-state index is 0.149. The van der Waals surface area contributed by atoms with Gasteiger partial charge in [0.2, 0.25) is 0 Å². The van der Waals surface area contributed by atoms with E-state index >= 15 is 0 Å². The molecule has 72 valence electrons. The predicted octanol–water partition coefficient (Wildman–Crippen LogP) is 0.0830. The first-order valence-electron chi connectivity index (χ1n) is 3.66. The zero-order chi connectivity index (χ0) is 10.5. The summed E-state index contributed by atoms with van der Waals surface area (Å²) >= 11 is 0. The molecular formula is C8H5NO5. The highest BCUT2D eigenvalue weighted by Crippen LogP contribution is 2.34. The van der Waals surface area contributed by atoms with Crippen LogP contribution in [0.5, 0.6) is 11.5 Å². The Morgan fingerprint density at radius 3 is 1.64 bits per heavy atom. The van der Waals surface area contributed by atoms with Crippen LogP contribution in [0, 0.1) is 0 Å². The van der Waals surface area contributed by atoms with Crippen molar-refractivity contribution in [1.82, 2.24) is 5.06 Å². The number of benzene rings is 1. The monoisotopic (exact) mass is 195 g/mol. The van der Waals surface area contributed by atoms with Crippen LogP contribution in [0.3, 0.4) is 0 Å². The average Bonchev–Trinajstić information content (AvgIpc) is 2.38. The molecule has 0 radical (unpaired) electrons. The Kier molecular flexibility index (Phi) is 1.49. The van der Waals surface area contributed by atoms with E-state index < -0.39 is 23.3 Å². The summed E-state index contributed by atoms with van der Waals surface area (Å²) in [6, 6.07) is 2.14. The molecule has 0 aromatic heterocycles. The molecule has 0 spiro atoms. The van der Waals surface area contributed by atoms with Crippen LogP contribution >= 0.6 is 0 Å². The molecule has 1 aliphatic rings. The molecule has 0 saturated heterocycles. The van der Waals surface area contributed by atoms with E-state index in [2.05, 4.69) is 0 Å². The molecule has 0 saturated carbocycles. The van der Waals surface area contributed by atoms with Crippen molar-refractivity contribution in [2.75, 3.05) is 0 Å². The Morgan fingerprint density at radius 1 is 0.929 bits per heavy atom. The van der Waals surface area contributed by atoms with Gasteiger partial charge >= 0.3 is 0 Å². The van der Waals surface area contributed by atoms with Gasteiger partial charge in [0.1, 0.15) is 22.6 Å². The van der Waals surface area contributed by atoms with E-state index in [9.17, 15) is 19.8 Å². The number of aromatic hydroxyl groups is 2. The Balaban J connectivity index is 2.80. The van der Waals surface area contributed by atoms with Gasteiger partial charge < -0.3 is 10.2 Å². The number of phenols is 2. The molecule has 0 atom stereocenters. The number of carbonyl (C=O) groups is 2. The van der Waals surface area contributed by atoms with Crippen LogP contribution < -0.4 is 0 Å². The molecular weight excluding hydrogens is 190 g/mol. The average molecular weight is 195 g/mol. The van der Waals surface area contributed by atoms with Crippen LogP contribution in [0.2, 0.25) is 0 Å². The van der Waals surface area contributed by atoms with Gasteiger partial charge in [-0.3, -0.25) is 14.8 Å². The largest absolute Gasteiger partial charge is 0.507 e. The molecule has 0 fully saturated rings. The van der Waals surface area contributed by atoms with Gasteiger partial charge in [-0.2, -0.15) is 0 Å². The Hall–Kier alpha value is -2.08. The molecule has 6 heteroatoms. The normalized spacial score (nSPS) is 14.8. The maximum atomic E-state index is 11.2. The Bertz CT molecular complexity index is 412. The Morgan fingerprint density at radius 2 is 1.29 bits per heavy atom. The number of fused-ring (bicyclic) bond motifs is 1. The number of nitrogens with zero attached hydrogens (tertiary/aromatic N) is 1. The smallest absolute Gasteiger partial charge is 0.289 e. The minimum atomic E-state index is -1.04. The second-order valence-electron chi connectivity index (χ2n) is 2.78. The lowest BCUT2D eigenvalue weighted by molar-refractivity contribution is -0.0328. The lowest BCUT2D eigenvalue weighted by atomic mass is 10.1. The van der Waals surface area contributed by atoms with Crippen LogP contribution in [0.4, 0.5) is 0 Å². The van der Waals surface area contributed by atoms with E-state index in [4.69, 9.17) is 5.21 Å². The number of hydroxylamine groups is 2. The van der Waals surface area contributed by atoms with E-state index in [1.54, 1.807) is 0 Å². The van der Waals surface area contributed by atoms with Crippen LogP contribution in [-0.2, 0) is 0 Å². The summed E-state index contributed by atoms with van der Waals surface area (Å²) in [5.41, 5.74) is -0.755. The molecule has 6 nitrogen and oxygen atoms in total. The van der Waals surface area contributed by atoms with Crippen molar-refractivity contribution in [3.8, 4) is 11.5 Å². The number of amides is 2. The summed E-state index contributed by atoms with van der Waals surface area (Å²) in [5, 5.41) is 27.3. The molecule has 14 heavy (non-hydrogen) atoms. The first-order valence-corrected chi connectivity index (χ1v) is 3.66. The van der Waals surface area contributed by atoms with Gasteiger partial charge in [0, 0.05) is 0 Å². The fraction of sp³-hybridized carbons (Fsp3) is 0. The predicted molar refractivity (Wildman–Crippen MR) is 42.1 cm³/mol. The van der Waals surface area contributed by atoms with E-state index in [0.717, 1.165) is 12.1 Å². The zero-order valence-electron chi connectivity index (χ0n) is 6.76. The van der Waals surface area contributed by atoms with Gasteiger partial charge in [-0.25, -0.2) is 0 Å². The second kappa shape index (κ2) is 2.46. The third-order valence-electron chi connectivity index (χ3n) is 1.97. The van der Waals surface area contributed by atoms with E-state index in [1.165, 1.54) is 0 Å². The van der Waals surface area contributed by atoms with Crippen LogP contribution in [0.15, 0.2) is 12.1 Å². The van der Waals surface area contributed by atoms with E-state index in [-0.39, 0.29) is 16.2 Å². The van der Waals surface area contributed by atoms with Crippen molar-refractivity contribution in [3.63, 3.8) is 0 Å². The summed E-state index contributed by atoms with van der Waals surface area (Å²) in [4.78, 5) is 22.3. The van der Waals surface area contributed by atoms with Crippen molar-refractivity contribution < 1.29 is 25.0 Å². The highest BCUT2D eigenvalue weighted by atomic mass is 16.5. The van der Waals surface area contributed by atoms with E-state index in [0.29, 0.717) is 0 Å². The highest BCUT2D eigenvalue weighted by molar-refractivity contribution is 6.22. The molecule has 1 heterocycles. The highest BCUT2D eigenvalue weighted by Gasteiger charge is 2.39. The molecule has 1 aromatic carbocycles. The van der Waals surface area contributed by atoms with Crippen molar-refractivity contribution in [2.24, 2.45) is 0 Å². The summed E-state index contributed by atoms with van der Waals surface area (Å²) in [5.74, 6) is -2.99. The molecule has 1 aromatic rings. The van der Waals surface area contributed by atoms with Gasteiger partial charge in [0.25, 0.3) is 11.8 Å². The van der Waals surface area contributed by atoms with Crippen molar-refractivity contribution >= 4 is 11.8 Å². The second-order valence-corrected chi connectivity index (χ2v) is 2.78. The standard InChI is InChI=1S/C8H5NO5/c10-3-1-2-4(11)6-5(3)7(12)9(14)8(6)13/h1-2,10-11,14H. The van der Waals surface area contributed by atoms with Gasteiger partial charge in [-0.1, -0.05) is 0 Å². The number of carbonyl (C=O) groups excluding carboxylic acids is 2. The van der Waals surface area contributed by atoms with Crippen LogP contribution in [0.1, 0.15) is 20.7 Å². The molecule has 0 unspecified atom stereocenters.